The van der Waals surface area contributed by atoms with Gasteiger partial charge in [0, 0.05) is 23.2 Å². The minimum Gasteiger partial charge on any atom is -0.503 e. The highest BCUT2D eigenvalue weighted by Crippen LogP contribution is 2.40. The number of carbonyl (C=O) groups is 2. The maximum Gasteiger partial charge on any atom is 0.290 e. The number of carbonyl (C=O) groups excluding carboxylic acids is 2. The van der Waals surface area contributed by atoms with E-state index in [0.29, 0.717) is 27.4 Å². The molecule has 1 aliphatic rings. The number of ether oxygens (including phenoxy) is 1. The summed E-state index contributed by atoms with van der Waals surface area (Å²) in [4.78, 5) is 32.5. The van der Waals surface area contributed by atoms with Crippen LogP contribution in [0.15, 0.2) is 88.7 Å². The molecule has 7 nitrogen and oxygen atoms in total. The quantitative estimate of drug-likeness (QED) is 0.383. The van der Waals surface area contributed by atoms with E-state index in [2.05, 4.69) is 4.98 Å². The fraction of sp³-hybridized carbons (Fsp3) is 0.115. The number of benzene rings is 2. The number of ketones is 1. The summed E-state index contributed by atoms with van der Waals surface area (Å²) in [5.41, 5.74) is 1.65. The second kappa shape index (κ2) is 8.68. The molecule has 2 aromatic heterocycles. The fourth-order valence-corrected chi connectivity index (χ4v) is 4.26. The van der Waals surface area contributed by atoms with Crippen LogP contribution in [0.3, 0.4) is 0 Å². The second-order valence-electron chi connectivity index (χ2n) is 7.82. The number of amides is 1. The van der Waals surface area contributed by atoms with Gasteiger partial charge in [-0.25, -0.2) is 0 Å². The van der Waals surface area contributed by atoms with Crippen molar-refractivity contribution in [3.05, 3.63) is 106 Å². The molecule has 3 heterocycles. The first-order chi connectivity index (χ1) is 16.5. The Kier molecular flexibility index (Phi) is 5.55. The molecule has 1 atom stereocenters. The lowest BCUT2D eigenvalue weighted by Crippen LogP contribution is -2.31. The molecule has 2 aromatic carbocycles. The van der Waals surface area contributed by atoms with E-state index in [0.717, 1.165) is 5.56 Å². The largest absolute Gasteiger partial charge is 0.503 e. The number of pyridine rings is 1. The number of hydrogen-bond donors (Lipinski definition) is 1. The van der Waals surface area contributed by atoms with Crippen LogP contribution in [-0.4, -0.2) is 33.8 Å². The lowest BCUT2D eigenvalue weighted by atomic mass is 9.98. The van der Waals surface area contributed by atoms with E-state index >= 15 is 0 Å². The number of aromatic nitrogens is 1. The van der Waals surface area contributed by atoms with Crippen LogP contribution in [0.25, 0.3) is 11.0 Å². The summed E-state index contributed by atoms with van der Waals surface area (Å²) in [6, 6.07) is 18.1. The molecule has 1 unspecified atom stereocenters. The molecule has 8 heteroatoms. The summed E-state index contributed by atoms with van der Waals surface area (Å²) < 4.78 is 10.9. The number of halogens is 1. The molecule has 1 N–H and O–H groups in total. The normalized spacial score (nSPS) is 15.9. The second-order valence-corrected chi connectivity index (χ2v) is 8.26. The van der Waals surface area contributed by atoms with E-state index in [-0.39, 0.29) is 17.9 Å². The Labute approximate surface area is 199 Å². The number of rotatable bonds is 6. The number of hydrogen-bond acceptors (Lipinski definition) is 6. The number of nitrogens with zero attached hydrogens (tertiary/aromatic N) is 2. The lowest BCUT2D eigenvalue weighted by Gasteiger charge is -2.26. The van der Waals surface area contributed by atoms with Gasteiger partial charge in [-0.1, -0.05) is 29.8 Å². The van der Waals surface area contributed by atoms with Crippen molar-refractivity contribution in [2.24, 2.45) is 0 Å². The van der Waals surface area contributed by atoms with Gasteiger partial charge in [-0.05, 0) is 54.1 Å². The highest BCUT2D eigenvalue weighted by Gasteiger charge is 2.45. The summed E-state index contributed by atoms with van der Waals surface area (Å²) in [5, 5.41) is 12.0. The molecule has 0 aliphatic carbocycles. The van der Waals surface area contributed by atoms with Crippen molar-refractivity contribution in [3.8, 4) is 5.75 Å². The number of aliphatic hydroxyl groups excluding tert-OH is 1. The Morgan fingerprint density at radius 1 is 1.15 bits per heavy atom. The van der Waals surface area contributed by atoms with Crippen LogP contribution in [0.2, 0.25) is 5.02 Å². The molecule has 0 saturated heterocycles. The van der Waals surface area contributed by atoms with E-state index in [1.807, 2.05) is 12.1 Å². The number of aliphatic hydroxyl groups is 1. The molecule has 34 heavy (non-hydrogen) atoms. The van der Waals surface area contributed by atoms with Gasteiger partial charge < -0.3 is 19.2 Å². The number of fused-ring (bicyclic) bond motifs is 1. The molecule has 0 spiro atoms. The van der Waals surface area contributed by atoms with Crippen molar-refractivity contribution < 1.29 is 23.8 Å². The molecule has 4 aromatic rings. The molecule has 0 fully saturated rings. The van der Waals surface area contributed by atoms with Crippen LogP contribution >= 0.6 is 11.6 Å². The highest BCUT2D eigenvalue weighted by molar-refractivity contribution is 6.31. The van der Waals surface area contributed by atoms with Crippen molar-refractivity contribution in [1.29, 1.82) is 0 Å². The Morgan fingerprint density at radius 3 is 2.65 bits per heavy atom. The van der Waals surface area contributed by atoms with E-state index in [4.69, 9.17) is 20.8 Å². The molecule has 0 saturated carbocycles. The van der Waals surface area contributed by atoms with Gasteiger partial charge in [0.25, 0.3) is 5.91 Å². The Balaban J connectivity index is 1.56. The molecular weight excluding hydrogens is 456 g/mol. The minimum absolute atomic E-state index is 0.00107. The molecule has 0 bridgehead atoms. The Morgan fingerprint density at radius 2 is 1.94 bits per heavy atom. The maximum atomic E-state index is 13.6. The van der Waals surface area contributed by atoms with E-state index in [9.17, 15) is 14.7 Å². The van der Waals surface area contributed by atoms with Crippen molar-refractivity contribution in [1.82, 2.24) is 9.88 Å². The van der Waals surface area contributed by atoms with Crippen LogP contribution < -0.4 is 4.74 Å². The first kappa shape index (κ1) is 21.7. The summed E-state index contributed by atoms with van der Waals surface area (Å²) >= 11 is 6.05. The van der Waals surface area contributed by atoms with Gasteiger partial charge in [-0.2, -0.15) is 0 Å². The fourth-order valence-electron chi connectivity index (χ4n) is 4.08. The third-order valence-electron chi connectivity index (χ3n) is 5.73. The standard InChI is InChI=1S/C26H19ClN2O5/c1-33-18-8-5-15(6-9-18)14-29-23(19-4-2-3-11-28-19)22(25(31)26(29)32)24(30)21-13-16-12-17(27)7-10-20(16)34-21/h2-13,23,31H,14H2,1H3. The van der Waals surface area contributed by atoms with Crippen molar-refractivity contribution in [2.45, 2.75) is 12.6 Å². The van der Waals surface area contributed by atoms with Crippen LogP contribution in [-0.2, 0) is 11.3 Å². The molecule has 5 rings (SSSR count). The predicted molar refractivity (Wildman–Crippen MR) is 126 cm³/mol. The van der Waals surface area contributed by atoms with Gasteiger partial charge in [0.2, 0.25) is 5.78 Å². The third kappa shape index (κ3) is 3.80. The minimum atomic E-state index is -0.889. The summed E-state index contributed by atoms with van der Waals surface area (Å²) in [6.45, 7) is 0.153. The van der Waals surface area contributed by atoms with Crippen LogP contribution in [0.5, 0.6) is 5.75 Å². The topological polar surface area (TPSA) is 92.9 Å². The number of methoxy groups -OCH3 is 1. The molecule has 1 amide bonds. The zero-order valence-electron chi connectivity index (χ0n) is 18.1. The van der Waals surface area contributed by atoms with Gasteiger partial charge in [-0.3, -0.25) is 14.6 Å². The molecular formula is C26H19ClN2O5. The third-order valence-corrected chi connectivity index (χ3v) is 5.97. The summed E-state index contributed by atoms with van der Waals surface area (Å²) in [5.74, 6) is -1.19. The van der Waals surface area contributed by atoms with Gasteiger partial charge in [-0.15, -0.1) is 0 Å². The predicted octanol–water partition coefficient (Wildman–Crippen LogP) is 5.27. The van der Waals surface area contributed by atoms with Crippen LogP contribution in [0.1, 0.15) is 27.9 Å². The Bertz CT molecular complexity index is 1430. The first-order valence-corrected chi connectivity index (χ1v) is 10.9. The smallest absolute Gasteiger partial charge is 0.290 e. The molecule has 0 radical (unpaired) electrons. The van der Waals surface area contributed by atoms with Crippen molar-refractivity contribution in [3.63, 3.8) is 0 Å². The number of Topliss-reactive ketones (excluding diaryl/α,β-unsaturated/α-hetero) is 1. The molecule has 170 valence electrons. The lowest BCUT2D eigenvalue weighted by molar-refractivity contribution is -0.130. The van der Waals surface area contributed by atoms with E-state index in [1.54, 1.807) is 67.9 Å². The Hall–Kier alpha value is -4.10. The van der Waals surface area contributed by atoms with Crippen molar-refractivity contribution in [2.75, 3.05) is 7.11 Å². The van der Waals surface area contributed by atoms with Gasteiger partial charge in [0.1, 0.15) is 17.4 Å². The van der Waals surface area contributed by atoms with E-state index < -0.39 is 23.5 Å². The highest BCUT2D eigenvalue weighted by atomic mass is 35.5. The average Bonchev–Trinajstić information content (AvgIpc) is 3.39. The van der Waals surface area contributed by atoms with Crippen LogP contribution in [0.4, 0.5) is 0 Å². The van der Waals surface area contributed by atoms with Gasteiger partial charge >= 0.3 is 0 Å². The van der Waals surface area contributed by atoms with E-state index in [1.165, 1.54) is 4.90 Å². The van der Waals surface area contributed by atoms with Gasteiger partial charge in [0.15, 0.2) is 11.5 Å². The van der Waals surface area contributed by atoms with Crippen LogP contribution in [0, 0.1) is 0 Å². The van der Waals surface area contributed by atoms with Gasteiger partial charge in [0.05, 0.1) is 18.4 Å². The average molecular weight is 475 g/mol. The summed E-state index contributed by atoms with van der Waals surface area (Å²) in [7, 11) is 1.57. The number of furan rings is 1. The monoisotopic (exact) mass is 474 g/mol. The first-order valence-electron chi connectivity index (χ1n) is 10.5. The zero-order valence-corrected chi connectivity index (χ0v) is 18.8. The maximum absolute atomic E-state index is 13.6. The summed E-state index contributed by atoms with van der Waals surface area (Å²) in [6.07, 6.45) is 1.58. The zero-order chi connectivity index (χ0) is 23.8. The SMILES string of the molecule is COc1ccc(CN2C(=O)C(O)=C(C(=O)c3cc4cc(Cl)ccc4o3)C2c2ccccn2)cc1. The van der Waals surface area contributed by atoms with Crippen molar-refractivity contribution >= 4 is 34.3 Å². The molecule has 1 aliphatic heterocycles.